The third-order valence-corrected chi connectivity index (χ3v) is 2.94. The fraction of sp³-hybridized carbons (Fsp3) is 0.364. The lowest BCUT2D eigenvalue weighted by Crippen LogP contribution is -2.34. The molecule has 7 nitrogen and oxygen atoms in total. The number of carbonyl (C=O) groups is 1. The van der Waals surface area contributed by atoms with Crippen LogP contribution in [0.3, 0.4) is 0 Å². The number of benzene rings is 1. The Hall–Kier alpha value is -1.80. The number of sulfonamides is 1. The van der Waals surface area contributed by atoms with Gasteiger partial charge in [0.25, 0.3) is 5.91 Å². The standard InChI is InChI=1S/C11H16N2O5S/c1-18-10-4-3-8(7-9(10)14)11(15)12-5-6-13-19(2,16)17/h3-4,7,13-14H,5-6H2,1-2H3,(H,12,15). The summed E-state index contributed by atoms with van der Waals surface area (Å²) >= 11 is 0. The Balaban J connectivity index is 2.52. The van der Waals surface area contributed by atoms with Gasteiger partial charge in [-0.25, -0.2) is 13.1 Å². The first-order chi connectivity index (χ1) is 8.83. The van der Waals surface area contributed by atoms with Crippen molar-refractivity contribution >= 4 is 15.9 Å². The maximum atomic E-state index is 11.7. The van der Waals surface area contributed by atoms with Gasteiger partial charge in [0.05, 0.1) is 13.4 Å². The second kappa shape index (κ2) is 6.39. The largest absolute Gasteiger partial charge is 0.504 e. The minimum atomic E-state index is -3.26. The number of hydrogen-bond donors (Lipinski definition) is 3. The molecule has 1 rings (SSSR count). The SMILES string of the molecule is COc1ccc(C(=O)NCCNS(C)(=O)=O)cc1O. The van der Waals surface area contributed by atoms with E-state index in [1.807, 2.05) is 0 Å². The van der Waals surface area contributed by atoms with Crippen LogP contribution < -0.4 is 14.8 Å². The van der Waals surface area contributed by atoms with E-state index in [0.29, 0.717) is 0 Å². The molecule has 0 radical (unpaired) electrons. The molecule has 0 saturated heterocycles. The average Bonchev–Trinajstić information content (AvgIpc) is 2.33. The van der Waals surface area contributed by atoms with Gasteiger partial charge in [0, 0.05) is 18.7 Å². The molecule has 0 saturated carbocycles. The maximum absolute atomic E-state index is 11.7. The van der Waals surface area contributed by atoms with Crippen LogP contribution in [0.2, 0.25) is 0 Å². The van der Waals surface area contributed by atoms with Crippen molar-refractivity contribution in [1.29, 1.82) is 0 Å². The summed E-state index contributed by atoms with van der Waals surface area (Å²) in [5.41, 5.74) is 0.262. The zero-order valence-electron chi connectivity index (χ0n) is 10.6. The number of methoxy groups -OCH3 is 1. The van der Waals surface area contributed by atoms with E-state index in [1.165, 1.54) is 25.3 Å². The Kier molecular flexibility index (Phi) is 5.13. The number of ether oxygens (including phenoxy) is 1. The van der Waals surface area contributed by atoms with Crippen LogP contribution in [-0.4, -0.2) is 45.9 Å². The molecule has 0 spiro atoms. The van der Waals surface area contributed by atoms with E-state index < -0.39 is 15.9 Å². The zero-order chi connectivity index (χ0) is 14.5. The lowest BCUT2D eigenvalue weighted by molar-refractivity contribution is 0.0954. The third-order valence-electron chi connectivity index (χ3n) is 2.22. The molecule has 0 heterocycles. The quantitative estimate of drug-likeness (QED) is 0.622. The highest BCUT2D eigenvalue weighted by Gasteiger charge is 2.09. The first-order valence-corrected chi connectivity index (χ1v) is 7.32. The van der Waals surface area contributed by atoms with Crippen LogP contribution in [0, 0.1) is 0 Å². The van der Waals surface area contributed by atoms with E-state index in [4.69, 9.17) is 4.74 Å². The van der Waals surface area contributed by atoms with E-state index in [9.17, 15) is 18.3 Å². The minimum absolute atomic E-state index is 0.104. The molecule has 3 N–H and O–H groups in total. The van der Waals surface area contributed by atoms with Crippen molar-refractivity contribution in [3.05, 3.63) is 23.8 Å². The molecule has 106 valence electrons. The molecule has 0 atom stereocenters. The van der Waals surface area contributed by atoms with Gasteiger partial charge in [-0.05, 0) is 18.2 Å². The van der Waals surface area contributed by atoms with Gasteiger partial charge in [0.15, 0.2) is 11.5 Å². The second-order valence-corrected chi connectivity index (χ2v) is 5.64. The van der Waals surface area contributed by atoms with Crippen molar-refractivity contribution in [2.75, 3.05) is 26.5 Å². The Morgan fingerprint density at radius 3 is 2.58 bits per heavy atom. The van der Waals surface area contributed by atoms with Gasteiger partial charge in [0.2, 0.25) is 10.0 Å². The van der Waals surface area contributed by atoms with Gasteiger partial charge in [-0.1, -0.05) is 0 Å². The van der Waals surface area contributed by atoms with Crippen LogP contribution >= 0.6 is 0 Å². The van der Waals surface area contributed by atoms with Crippen LogP contribution in [-0.2, 0) is 10.0 Å². The predicted molar refractivity (Wildman–Crippen MR) is 69.8 cm³/mol. The van der Waals surface area contributed by atoms with Gasteiger partial charge in [-0.2, -0.15) is 0 Å². The zero-order valence-corrected chi connectivity index (χ0v) is 11.5. The number of phenols is 1. The monoisotopic (exact) mass is 288 g/mol. The normalized spacial score (nSPS) is 11.1. The number of nitrogens with one attached hydrogen (secondary N) is 2. The molecule has 1 amide bonds. The fourth-order valence-electron chi connectivity index (χ4n) is 1.35. The molecular formula is C11H16N2O5S. The molecule has 0 unspecified atom stereocenters. The lowest BCUT2D eigenvalue weighted by atomic mass is 10.2. The van der Waals surface area contributed by atoms with E-state index in [2.05, 4.69) is 10.0 Å². The van der Waals surface area contributed by atoms with Crippen molar-refractivity contribution < 1.29 is 23.1 Å². The Labute approximate surface area is 111 Å². The Morgan fingerprint density at radius 2 is 2.05 bits per heavy atom. The summed E-state index contributed by atoms with van der Waals surface area (Å²) in [7, 11) is -1.85. The van der Waals surface area contributed by atoms with Gasteiger partial charge in [-0.3, -0.25) is 4.79 Å². The highest BCUT2D eigenvalue weighted by Crippen LogP contribution is 2.25. The summed E-state index contributed by atoms with van der Waals surface area (Å²) in [6.45, 7) is 0.255. The van der Waals surface area contributed by atoms with Gasteiger partial charge >= 0.3 is 0 Å². The molecule has 1 aromatic carbocycles. The average molecular weight is 288 g/mol. The van der Waals surface area contributed by atoms with Crippen LogP contribution in [0.5, 0.6) is 11.5 Å². The van der Waals surface area contributed by atoms with Crippen molar-refractivity contribution in [2.45, 2.75) is 0 Å². The number of amides is 1. The fourth-order valence-corrected chi connectivity index (χ4v) is 1.82. The lowest BCUT2D eigenvalue weighted by Gasteiger charge is -2.07. The van der Waals surface area contributed by atoms with Crippen molar-refractivity contribution in [3.63, 3.8) is 0 Å². The number of hydrogen-bond acceptors (Lipinski definition) is 5. The molecule has 0 aliphatic carbocycles. The first-order valence-electron chi connectivity index (χ1n) is 5.43. The highest BCUT2D eigenvalue weighted by molar-refractivity contribution is 7.88. The van der Waals surface area contributed by atoms with Crippen LogP contribution in [0.1, 0.15) is 10.4 Å². The summed E-state index contributed by atoms with van der Waals surface area (Å²) in [5.74, 6) is -0.270. The van der Waals surface area contributed by atoms with E-state index in [-0.39, 0.29) is 30.2 Å². The van der Waals surface area contributed by atoms with E-state index in [0.717, 1.165) is 6.26 Å². The maximum Gasteiger partial charge on any atom is 0.251 e. The van der Waals surface area contributed by atoms with Crippen LogP contribution in [0.25, 0.3) is 0 Å². The minimum Gasteiger partial charge on any atom is -0.504 e. The van der Waals surface area contributed by atoms with Gasteiger partial charge in [-0.15, -0.1) is 0 Å². The topological polar surface area (TPSA) is 105 Å². The predicted octanol–water partition coefficient (Wildman–Crippen LogP) is -0.320. The molecule has 0 bridgehead atoms. The van der Waals surface area contributed by atoms with Gasteiger partial charge < -0.3 is 15.2 Å². The van der Waals surface area contributed by atoms with E-state index in [1.54, 1.807) is 0 Å². The summed E-state index contributed by atoms with van der Waals surface area (Å²) in [4.78, 5) is 11.7. The Morgan fingerprint density at radius 1 is 1.37 bits per heavy atom. The molecule has 19 heavy (non-hydrogen) atoms. The van der Waals surface area contributed by atoms with Crippen LogP contribution in [0.4, 0.5) is 0 Å². The smallest absolute Gasteiger partial charge is 0.251 e. The van der Waals surface area contributed by atoms with Crippen LogP contribution in [0.15, 0.2) is 18.2 Å². The summed E-state index contributed by atoms with van der Waals surface area (Å²) < 4.78 is 28.7. The molecular weight excluding hydrogens is 272 g/mol. The van der Waals surface area contributed by atoms with Crippen molar-refractivity contribution in [1.82, 2.24) is 10.0 Å². The van der Waals surface area contributed by atoms with Crippen molar-refractivity contribution in [2.24, 2.45) is 0 Å². The molecule has 0 fully saturated rings. The number of rotatable bonds is 6. The Bertz CT molecular complexity index is 556. The van der Waals surface area contributed by atoms with E-state index >= 15 is 0 Å². The number of aromatic hydroxyl groups is 1. The molecule has 0 aliphatic rings. The molecule has 8 heteroatoms. The first kappa shape index (κ1) is 15.3. The summed E-state index contributed by atoms with van der Waals surface area (Å²) in [5, 5.41) is 12.0. The summed E-state index contributed by atoms with van der Waals surface area (Å²) in [6, 6.07) is 4.25. The molecule has 0 aromatic heterocycles. The number of phenolic OH excluding ortho intramolecular Hbond substituents is 1. The molecule has 1 aromatic rings. The highest BCUT2D eigenvalue weighted by atomic mass is 32.2. The second-order valence-electron chi connectivity index (χ2n) is 3.81. The number of carbonyl (C=O) groups excluding carboxylic acids is 1. The molecule has 0 aliphatic heterocycles. The van der Waals surface area contributed by atoms with Gasteiger partial charge in [0.1, 0.15) is 0 Å². The van der Waals surface area contributed by atoms with Crippen molar-refractivity contribution in [3.8, 4) is 11.5 Å². The summed E-state index contributed by atoms with van der Waals surface area (Å²) in [6.07, 6.45) is 1.04. The third kappa shape index (κ3) is 5.14.